The molecule has 0 aromatic carbocycles. The van der Waals surface area contributed by atoms with Gasteiger partial charge in [0, 0.05) is 0 Å². The zero-order valence-corrected chi connectivity index (χ0v) is 23.8. The summed E-state index contributed by atoms with van der Waals surface area (Å²) in [5.74, 6) is 5.31. The molecule has 1 aliphatic heterocycles. The number of ketones is 1. The Balaban J connectivity index is 1.55. The van der Waals surface area contributed by atoms with Gasteiger partial charge in [-0.05, 0) is 103 Å². The number of ether oxygens (including phenoxy) is 2. The van der Waals surface area contributed by atoms with Crippen LogP contribution in [0.3, 0.4) is 0 Å². The van der Waals surface area contributed by atoms with Crippen molar-refractivity contribution in [1.29, 1.82) is 0 Å². The van der Waals surface area contributed by atoms with Gasteiger partial charge >= 0.3 is 0 Å². The second kappa shape index (κ2) is 10.1. The fourth-order valence-corrected chi connectivity index (χ4v) is 11.2. The SMILES string of the molecule is CCC1C2=CC(=O)C(O)C[C@]2(C)[C@@H]2CC[C@]3(C)C(CCC4OCCO4)C(CC)C(CC)[C@H]3[C@@H]2C1CC. The van der Waals surface area contributed by atoms with E-state index in [1.807, 2.05) is 6.08 Å². The lowest BCUT2D eigenvalue weighted by molar-refractivity contribution is -0.136. The van der Waals surface area contributed by atoms with E-state index in [4.69, 9.17) is 9.47 Å². The van der Waals surface area contributed by atoms with Crippen LogP contribution in [0.5, 0.6) is 0 Å². The highest BCUT2D eigenvalue weighted by Crippen LogP contribution is 2.73. The van der Waals surface area contributed by atoms with Gasteiger partial charge in [0.05, 0.1) is 13.2 Å². The molecule has 6 unspecified atom stereocenters. The van der Waals surface area contributed by atoms with Crippen LogP contribution in [0.15, 0.2) is 11.6 Å². The molecule has 1 N–H and O–H groups in total. The highest BCUT2D eigenvalue weighted by molar-refractivity contribution is 5.95. The second-order valence-electron chi connectivity index (χ2n) is 13.5. The van der Waals surface area contributed by atoms with Crippen molar-refractivity contribution >= 4 is 5.78 Å². The van der Waals surface area contributed by atoms with Gasteiger partial charge in [0.15, 0.2) is 12.1 Å². The van der Waals surface area contributed by atoms with E-state index in [0.717, 1.165) is 49.7 Å². The van der Waals surface area contributed by atoms with Crippen molar-refractivity contribution in [1.82, 2.24) is 0 Å². The Kier molecular flexibility index (Phi) is 7.55. The van der Waals surface area contributed by atoms with E-state index >= 15 is 0 Å². The van der Waals surface area contributed by atoms with Gasteiger partial charge in [0.1, 0.15) is 6.10 Å². The molecule has 3 saturated carbocycles. The summed E-state index contributed by atoms with van der Waals surface area (Å²) in [7, 11) is 0. The molecule has 4 heteroatoms. The third kappa shape index (κ3) is 3.90. The molecular formula is C32H52O4. The first kappa shape index (κ1) is 26.9. The molecule has 0 spiro atoms. The van der Waals surface area contributed by atoms with E-state index in [9.17, 15) is 9.90 Å². The Bertz CT molecular complexity index is 845. The molecule has 204 valence electrons. The molecule has 4 fully saturated rings. The van der Waals surface area contributed by atoms with E-state index in [0.29, 0.717) is 35.5 Å². The monoisotopic (exact) mass is 500 g/mol. The van der Waals surface area contributed by atoms with Gasteiger partial charge in [-0.15, -0.1) is 0 Å². The third-order valence-corrected chi connectivity index (χ3v) is 12.4. The first-order valence-electron chi connectivity index (χ1n) is 15.4. The van der Waals surface area contributed by atoms with Crippen LogP contribution in [-0.2, 0) is 14.3 Å². The number of allylic oxidation sites excluding steroid dienone is 1. The maximum atomic E-state index is 12.7. The van der Waals surface area contributed by atoms with Crippen molar-refractivity contribution in [3.05, 3.63) is 11.6 Å². The van der Waals surface area contributed by atoms with Crippen LogP contribution in [0, 0.1) is 58.2 Å². The van der Waals surface area contributed by atoms with Crippen molar-refractivity contribution in [2.45, 2.75) is 112 Å². The number of fused-ring (bicyclic) bond motifs is 5. The first-order valence-corrected chi connectivity index (χ1v) is 15.4. The normalized spacial score (nSPS) is 48.9. The number of rotatable bonds is 7. The zero-order valence-electron chi connectivity index (χ0n) is 23.8. The fourth-order valence-electron chi connectivity index (χ4n) is 11.2. The summed E-state index contributed by atoms with van der Waals surface area (Å²) in [5.41, 5.74) is 1.70. The van der Waals surface area contributed by atoms with Crippen LogP contribution in [0.1, 0.15) is 99.3 Å². The number of hydrogen-bond acceptors (Lipinski definition) is 4. The Morgan fingerprint density at radius 2 is 1.61 bits per heavy atom. The standard InChI is InChI=1S/C32H52O4/c1-7-19-21(9-3)29-24(32(6)18-27(34)26(33)17-25(19)32)13-14-31(5)23(11-12-28-35-15-16-36-28)20(8-2)22(10-4)30(29)31/h17,19-24,27-30,34H,7-16,18H2,1-6H3/t19?,20?,21?,22?,23?,24-,27?,29-,30+,31-,32-/m1/s1. The van der Waals surface area contributed by atoms with Gasteiger partial charge in [0.2, 0.25) is 0 Å². The average molecular weight is 501 g/mol. The van der Waals surface area contributed by atoms with Crippen molar-refractivity contribution in [3.8, 4) is 0 Å². The van der Waals surface area contributed by atoms with E-state index in [1.54, 1.807) is 0 Å². The Morgan fingerprint density at radius 1 is 0.944 bits per heavy atom. The molecule has 0 radical (unpaired) electrons. The van der Waals surface area contributed by atoms with E-state index in [-0.39, 0.29) is 17.5 Å². The van der Waals surface area contributed by atoms with Crippen LogP contribution in [0.25, 0.3) is 0 Å². The molecule has 0 aromatic rings. The number of carbonyl (C=O) groups excluding carboxylic acids is 1. The quantitative estimate of drug-likeness (QED) is 0.417. The van der Waals surface area contributed by atoms with Crippen LogP contribution >= 0.6 is 0 Å². The van der Waals surface area contributed by atoms with Crippen molar-refractivity contribution in [2.24, 2.45) is 58.2 Å². The van der Waals surface area contributed by atoms with E-state index in [1.165, 1.54) is 44.1 Å². The van der Waals surface area contributed by atoms with Crippen molar-refractivity contribution in [3.63, 3.8) is 0 Å². The molecule has 11 atom stereocenters. The number of hydrogen-bond donors (Lipinski definition) is 1. The molecule has 4 nitrogen and oxygen atoms in total. The maximum Gasteiger partial charge on any atom is 0.184 e. The number of carbonyl (C=O) groups is 1. The predicted octanol–water partition coefficient (Wildman–Crippen LogP) is 6.80. The zero-order chi connectivity index (χ0) is 25.8. The predicted molar refractivity (Wildman–Crippen MR) is 143 cm³/mol. The molecule has 5 rings (SSSR count). The Morgan fingerprint density at radius 3 is 2.22 bits per heavy atom. The molecule has 1 saturated heterocycles. The molecular weight excluding hydrogens is 448 g/mol. The first-order chi connectivity index (χ1) is 17.2. The van der Waals surface area contributed by atoms with Crippen molar-refractivity contribution in [2.75, 3.05) is 13.2 Å². The molecule has 36 heavy (non-hydrogen) atoms. The van der Waals surface area contributed by atoms with E-state index in [2.05, 4.69) is 41.5 Å². The summed E-state index contributed by atoms with van der Waals surface area (Å²) in [4.78, 5) is 12.7. The molecule has 0 bridgehead atoms. The second-order valence-corrected chi connectivity index (χ2v) is 13.5. The summed E-state index contributed by atoms with van der Waals surface area (Å²) in [6.07, 6.45) is 11.3. The van der Waals surface area contributed by atoms with Crippen LogP contribution in [0.2, 0.25) is 0 Å². The minimum Gasteiger partial charge on any atom is -0.385 e. The minimum atomic E-state index is -0.823. The van der Waals surface area contributed by atoms with Gasteiger partial charge < -0.3 is 14.6 Å². The highest BCUT2D eigenvalue weighted by Gasteiger charge is 2.66. The lowest BCUT2D eigenvalue weighted by atomic mass is 9.41. The number of aliphatic hydroxyl groups excluding tert-OH is 1. The third-order valence-electron chi connectivity index (χ3n) is 12.4. The lowest BCUT2D eigenvalue weighted by Crippen LogP contribution is -2.58. The fraction of sp³-hybridized carbons (Fsp3) is 0.906. The van der Waals surface area contributed by atoms with Gasteiger partial charge in [-0.25, -0.2) is 0 Å². The van der Waals surface area contributed by atoms with Crippen molar-refractivity contribution < 1.29 is 19.4 Å². The number of aliphatic hydroxyl groups is 1. The van der Waals surface area contributed by atoms with E-state index < -0.39 is 6.10 Å². The molecule has 0 amide bonds. The van der Waals surface area contributed by atoms with Gasteiger partial charge in [-0.2, -0.15) is 0 Å². The van der Waals surface area contributed by atoms with Gasteiger partial charge in [0.25, 0.3) is 0 Å². The van der Waals surface area contributed by atoms with Crippen LogP contribution in [0.4, 0.5) is 0 Å². The van der Waals surface area contributed by atoms with Gasteiger partial charge in [-0.1, -0.05) is 66.4 Å². The summed E-state index contributed by atoms with van der Waals surface area (Å²) in [6, 6.07) is 0. The summed E-state index contributed by atoms with van der Waals surface area (Å²) in [5, 5.41) is 10.8. The highest BCUT2D eigenvalue weighted by atomic mass is 16.7. The summed E-state index contributed by atoms with van der Waals surface area (Å²) in [6.45, 7) is 16.2. The Hall–Kier alpha value is -0.710. The van der Waals surface area contributed by atoms with Crippen LogP contribution in [-0.4, -0.2) is 36.5 Å². The summed E-state index contributed by atoms with van der Waals surface area (Å²) < 4.78 is 11.7. The average Bonchev–Trinajstić information content (AvgIpc) is 3.46. The van der Waals surface area contributed by atoms with Crippen LogP contribution < -0.4 is 0 Å². The van der Waals surface area contributed by atoms with Gasteiger partial charge in [-0.3, -0.25) is 4.79 Å². The topological polar surface area (TPSA) is 55.8 Å². The maximum absolute atomic E-state index is 12.7. The minimum absolute atomic E-state index is 0.00279. The largest absolute Gasteiger partial charge is 0.385 e. The molecule has 4 aliphatic carbocycles. The summed E-state index contributed by atoms with van der Waals surface area (Å²) >= 11 is 0. The smallest absolute Gasteiger partial charge is 0.184 e. The Labute approximate surface area is 220 Å². The molecule has 1 heterocycles. The lowest BCUT2D eigenvalue weighted by Gasteiger charge is -2.63. The molecule has 0 aromatic heterocycles. The molecule has 5 aliphatic rings.